The highest BCUT2D eigenvalue weighted by Crippen LogP contribution is 2.38. The number of benzene rings is 1. The molecule has 178 valence electrons. The molecule has 0 saturated carbocycles. The molecule has 2 aliphatic rings. The predicted molar refractivity (Wildman–Crippen MR) is 111 cm³/mol. The highest BCUT2D eigenvalue weighted by atomic mass is 19.2. The van der Waals surface area contributed by atoms with E-state index in [0.717, 1.165) is 0 Å². The van der Waals surface area contributed by atoms with Gasteiger partial charge in [0, 0.05) is 30.8 Å². The van der Waals surface area contributed by atoms with E-state index >= 15 is 0 Å². The van der Waals surface area contributed by atoms with Crippen LogP contribution < -0.4 is 10.2 Å². The van der Waals surface area contributed by atoms with Crippen LogP contribution in [0.15, 0.2) is 29.1 Å². The fourth-order valence-corrected chi connectivity index (χ4v) is 4.43. The second kappa shape index (κ2) is 7.85. The summed E-state index contributed by atoms with van der Waals surface area (Å²) in [7, 11) is 0. The summed E-state index contributed by atoms with van der Waals surface area (Å²) in [5, 5.41) is 14.4. The van der Waals surface area contributed by atoms with Crippen LogP contribution in [-0.4, -0.2) is 49.4 Å². The zero-order valence-electron chi connectivity index (χ0n) is 18.3. The number of carbonyl (C=O) groups excluding carboxylic acids is 2. The number of hydrogen-bond acceptors (Lipinski definition) is 6. The predicted octanol–water partition coefficient (Wildman–Crippen LogP) is 2.81. The molecule has 1 aromatic carbocycles. The lowest BCUT2D eigenvalue weighted by Gasteiger charge is -2.35. The fraction of sp³-hybridized carbons (Fsp3) is 0.381. The monoisotopic (exact) mass is 475 g/mol. The summed E-state index contributed by atoms with van der Waals surface area (Å²) in [6.07, 6.45) is 2.96. The van der Waals surface area contributed by atoms with Crippen molar-refractivity contribution in [3.05, 3.63) is 53.8 Å². The Bertz CT molecular complexity index is 1260. The Morgan fingerprint density at radius 2 is 2.00 bits per heavy atom. The largest absolute Gasteiger partial charge is 0.427 e. The first kappa shape index (κ1) is 21.9. The van der Waals surface area contributed by atoms with Crippen LogP contribution in [0.3, 0.4) is 0 Å². The minimum Gasteiger partial charge on any atom is -0.427 e. The molecule has 5 rings (SSSR count). The van der Waals surface area contributed by atoms with Gasteiger partial charge in [0.1, 0.15) is 0 Å². The summed E-state index contributed by atoms with van der Waals surface area (Å²) in [5.41, 5.74) is 0.306. The Balaban J connectivity index is 1.38. The maximum absolute atomic E-state index is 13.5. The minimum absolute atomic E-state index is 0.0928. The average Bonchev–Trinajstić information content (AvgIpc) is 3.51. The lowest BCUT2D eigenvalue weighted by molar-refractivity contribution is -0.117. The maximum Gasteiger partial charge on any atom is 0.322 e. The van der Waals surface area contributed by atoms with Gasteiger partial charge in [0.15, 0.2) is 17.5 Å². The quantitative estimate of drug-likeness (QED) is 0.584. The van der Waals surface area contributed by atoms with Gasteiger partial charge < -0.3 is 19.5 Å². The number of anilines is 2. The van der Waals surface area contributed by atoms with Crippen molar-refractivity contribution in [1.82, 2.24) is 24.9 Å². The summed E-state index contributed by atoms with van der Waals surface area (Å²) >= 11 is 0. The first-order chi connectivity index (χ1) is 16.2. The van der Waals surface area contributed by atoms with Crippen LogP contribution in [0.1, 0.15) is 31.9 Å². The third kappa shape index (κ3) is 3.56. The molecule has 1 N–H and O–H groups in total. The number of fused-ring (bicyclic) bond motifs is 1. The van der Waals surface area contributed by atoms with Crippen molar-refractivity contribution in [2.75, 3.05) is 16.8 Å². The minimum atomic E-state index is -1.61. The zero-order chi connectivity index (χ0) is 24.2. The van der Waals surface area contributed by atoms with Gasteiger partial charge in [-0.05, 0) is 13.8 Å². The number of nitrogens with one attached hydrogen (secondary N) is 1. The highest BCUT2D eigenvalue weighted by molar-refractivity contribution is 5.97. The molecule has 1 unspecified atom stereocenters. The van der Waals surface area contributed by atoms with Gasteiger partial charge in [0.25, 0.3) is 0 Å². The molecule has 0 radical (unpaired) electrons. The molecule has 34 heavy (non-hydrogen) atoms. The van der Waals surface area contributed by atoms with Crippen molar-refractivity contribution >= 4 is 23.3 Å². The summed E-state index contributed by atoms with van der Waals surface area (Å²) in [5.74, 6) is -4.21. The smallest absolute Gasteiger partial charge is 0.322 e. The first-order valence-electron chi connectivity index (χ1n) is 10.5. The molecular formula is C21H20F3N7O3. The van der Waals surface area contributed by atoms with Crippen LogP contribution in [0, 0.1) is 17.5 Å². The van der Waals surface area contributed by atoms with E-state index in [0.29, 0.717) is 42.5 Å². The van der Waals surface area contributed by atoms with Crippen molar-refractivity contribution in [1.29, 1.82) is 0 Å². The van der Waals surface area contributed by atoms with Crippen molar-refractivity contribution < 1.29 is 27.2 Å². The van der Waals surface area contributed by atoms with E-state index in [2.05, 4.69) is 20.6 Å². The normalized spacial score (nSPS) is 22.3. The van der Waals surface area contributed by atoms with E-state index in [4.69, 9.17) is 4.42 Å². The van der Waals surface area contributed by atoms with Gasteiger partial charge in [-0.2, -0.15) is 5.10 Å². The number of amides is 3. The number of rotatable bonds is 3. The second-order valence-electron chi connectivity index (χ2n) is 8.78. The Kier molecular flexibility index (Phi) is 5.06. The molecule has 0 spiro atoms. The lowest BCUT2D eigenvalue weighted by Crippen LogP contribution is -2.47. The Hall–Kier alpha value is -3.90. The molecule has 1 saturated heterocycles. The van der Waals surface area contributed by atoms with Crippen LogP contribution in [0.5, 0.6) is 0 Å². The standard InChI is InChI=1S/C21H20F3N7O3/c1-11-7-31-16(8-29(11)20(33)27-12-3-13(22)18(24)14(23)4-12)15(6-26-31)30-9-21(2,5-17(30)32)19-28-25-10-34-19/h3-4,6,10-11H,5,7-9H2,1-2H3,(H,27,33)/t11-,21?/m0/s1. The average molecular weight is 475 g/mol. The van der Waals surface area contributed by atoms with Crippen molar-refractivity contribution in [3.63, 3.8) is 0 Å². The van der Waals surface area contributed by atoms with Gasteiger partial charge in [0.05, 0.1) is 42.1 Å². The van der Waals surface area contributed by atoms with Crippen molar-refractivity contribution in [2.45, 2.75) is 44.8 Å². The van der Waals surface area contributed by atoms with E-state index in [-0.39, 0.29) is 30.6 Å². The van der Waals surface area contributed by atoms with Gasteiger partial charge in [-0.25, -0.2) is 18.0 Å². The van der Waals surface area contributed by atoms with E-state index in [9.17, 15) is 22.8 Å². The Morgan fingerprint density at radius 3 is 2.68 bits per heavy atom. The molecule has 2 aromatic heterocycles. The number of urea groups is 1. The first-order valence-corrected chi connectivity index (χ1v) is 10.5. The molecule has 1 fully saturated rings. The summed E-state index contributed by atoms with van der Waals surface area (Å²) < 4.78 is 47.4. The zero-order valence-corrected chi connectivity index (χ0v) is 18.3. The molecule has 2 atom stereocenters. The topological polar surface area (TPSA) is 109 Å². The van der Waals surface area contributed by atoms with E-state index in [1.807, 2.05) is 6.92 Å². The number of carbonyl (C=O) groups is 2. The summed E-state index contributed by atoms with van der Waals surface area (Å²) in [6, 6.07) is 0.483. The van der Waals surface area contributed by atoms with Crippen molar-refractivity contribution in [3.8, 4) is 0 Å². The molecule has 4 heterocycles. The number of nitrogens with zero attached hydrogens (tertiary/aromatic N) is 6. The molecular weight excluding hydrogens is 455 g/mol. The van der Waals surface area contributed by atoms with E-state index in [1.165, 1.54) is 11.3 Å². The second-order valence-corrected chi connectivity index (χ2v) is 8.78. The number of halogens is 3. The van der Waals surface area contributed by atoms with Crippen LogP contribution in [-0.2, 0) is 23.3 Å². The molecule has 3 aromatic rings. The van der Waals surface area contributed by atoms with Gasteiger partial charge >= 0.3 is 6.03 Å². The third-order valence-corrected chi connectivity index (χ3v) is 6.23. The fourth-order valence-electron chi connectivity index (χ4n) is 4.43. The van der Waals surface area contributed by atoms with Crippen LogP contribution in [0.2, 0.25) is 0 Å². The van der Waals surface area contributed by atoms with Crippen molar-refractivity contribution in [2.24, 2.45) is 0 Å². The van der Waals surface area contributed by atoms with Gasteiger partial charge in [0.2, 0.25) is 18.2 Å². The van der Waals surface area contributed by atoms with Crippen LogP contribution in [0.25, 0.3) is 0 Å². The SMILES string of the molecule is C[C@H]1Cn2ncc(N3CC(C)(c4nnco4)CC3=O)c2CN1C(=O)Nc1cc(F)c(F)c(F)c1. The van der Waals surface area contributed by atoms with Crippen LogP contribution >= 0.6 is 0 Å². The molecule has 3 amide bonds. The molecule has 0 bridgehead atoms. The molecule has 13 heteroatoms. The molecule has 10 nitrogen and oxygen atoms in total. The Morgan fingerprint density at radius 1 is 1.26 bits per heavy atom. The molecule has 2 aliphatic heterocycles. The Labute approximate surface area is 191 Å². The van der Waals surface area contributed by atoms with E-state index in [1.54, 1.807) is 22.7 Å². The van der Waals surface area contributed by atoms with Gasteiger partial charge in [-0.15, -0.1) is 10.2 Å². The number of aromatic nitrogens is 4. The third-order valence-electron chi connectivity index (χ3n) is 6.23. The van der Waals surface area contributed by atoms with Gasteiger partial charge in [-0.1, -0.05) is 0 Å². The number of hydrogen-bond donors (Lipinski definition) is 1. The van der Waals surface area contributed by atoms with E-state index < -0.39 is 28.9 Å². The summed E-state index contributed by atoms with van der Waals surface area (Å²) in [6.45, 7) is 4.39. The highest BCUT2D eigenvalue weighted by Gasteiger charge is 2.46. The lowest BCUT2D eigenvalue weighted by atomic mass is 9.90. The summed E-state index contributed by atoms with van der Waals surface area (Å²) in [4.78, 5) is 28.8. The van der Waals surface area contributed by atoms with Gasteiger partial charge in [-0.3, -0.25) is 9.48 Å². The maximum atomic E-state index is 13.5. The molecule has 0 aliphatic carbocycles. The van der Waals surface area contributed by atoms with Crippen LogP contribution in [0.4, 0.5) is 29.3 Å².